The van der Waals surface area contributed by atoms with Gasteiger partial charge in [-0.15, -0.1) is 11.3 Å². The zero-order chi connectivity index (χ0) is 23.8. The Balaban J connectivity index is 1.80. The van der Waals surface area contributed by atoms with Crippen LogP contribution in [0, 0.1) is 11.6 Å². The summed E-state index contributed by atoms with van der Waals surface area (Å²) in [4.78, 5) is 13.2. The Morgan fingerprint density at radius 3 is 2.55 bits per heavy atom. The first-order valence-corrected chi connectivity index (χ1v) is 12.4. The molecule has 0 atom stereocenters. The summed E-state index contributed by atoms with van der Waals surface area (Å²) in [5.41, 5.74) is 1.23. The third kappa shape index (κ3) is 5.02. The second kappa shape index (κ2) is 9.12. The Morgan fingerprint density at radius 1 is 1.06 bits per heavy atom. The molecule has 33 heavy (non-hydrogen) atoms. The van der Waals surface area contributed by atoms with Crippen molar-refractivity contribution in [3.8, 4) is 21.8 Å². The molecule has 0 radical (unpaired) electrons. The van der Waals surface area contributed by atoms with Crippen LogP contribution in [0.4, 0.5) is 14.5 Å². The van der Waals surface area contributed by atoms with E-state index in [0.717, 1.165) is 23.2 Å². The molecule has 0 spiro atoms. The van der Waals surface area contributed by atoms with Gasteiger partial charge in [0.15, 0.2) is 0 Å². The molecule has 0 saturated carbocycles. The van der Waals surface area contributed by atoms with Gasteiger partial charge in [0.25, 0.3) is 10.0 Å². The Morgan fingerprint density at radius 2 is 1.85 bits per heavy atom. The van der Waals surface area contributed by atoms with Crippen molar-refractivity contribution >= 4 is 38.6 Å². The number of benzene rings is 2. The van der Waals surface area contributed by atoms with Gasteiger partial charge in [-0.25, -0.2) is 32.2 Å². The van der Waals surface area contributed by atoms with Gasteiger partial charge >= 0.3 is 0 Å². The number of aromatic nitrogens is 3. The predicted octanol–water partition coefficient (Wildman–Crippen LogP) is 6.12. The average Bonchev–Trinajstić information content (AvgIpc) is 3.21. The highest BCUT2D eigenvalue weighted by molar-refractivity contribution is 7.92. The zero-order valence-corrected chi connectivity index (χ0v) is 19.8. The Hall–Kier alpha value is -2.95. The fourth-order valence-corrected chi connectivity index (χ4v) is 5.30. The molecule has 0 saturated heterocycles. The largest absolute Gasteiger partial charge is 0.277 e. The van der Waals surface area contributed by atoms with E-state index >= 15 is 0 Å². The SMILES string of the molecule is CC(C)c1nc(-c2ccc(F)c(NS(=O)(=O)c3cccc(F)c3)c2)c(-c2ccnc(Cl)n2)s1. The summed E-state index contributed by atoms with van der Waals surface area (Å²) in [5, 5.41) is 0.890. The van der Waals surface area contributed by atoms with Crippen LogP contribution < -0.4 is 4.72 Å². The van der Waals surface area contributed by atoms with Crippen LogP contribution in [0.15, 0.2) is 59.6 Å². The third-order valence-electron chi connectivity index (χ3n) is 4.59. The lowest BCUT2D eigenvalue weighted by Crippen LogP contribution is -2.14. The summed E-state index contributed by atoms with van der Waals surface area (Å²) in [7, 11) is -4.22. The van der Waals surface area contributed by atoms with Crippen molar-refractivity contribution in [2.24, 2.45) is 0 Å². The van der Waals surface area contributed by atoms with Crippen molar-refractivity contribution < 1.29 is 17.2 Å². The van der Waals surface area contributed by atoms with Crippen LogP contribution in [-0.4, -0.2) is 23.4 Å². The molecule has 4 rings (SSSR count). The maximum atomic E-state index is 14.6. The van der Waals surface area contributed by atoms with Crippen LogP contribution >= 0.6 is 22.9 Å². The molecule has 0 aliphatic carbocycles. The van der Waals surface area contributed by atoms with Gasteiger partial charge in [-0.1, -0.05) is 19.9 Å². The number of rotatable bonds is 6. The maximum absolute atomic E-state index is 14.6. The molecule has 11 heteroatoms. The normalized spacial score (nSPS) is 11.7. The highest BCUT2D eigenvalue weighted by Crippen LogP contribution is 2.39. The van der Waals surface area contributed by atoms with Gasteiger partial charge < -0.3 is 0 Å². The molecule has 0 fully saturated rings. The molecule has 1 N–H and O–H groups in total. The number of anilines is 1. The summed E-state index contributed by atoms with van der Waals surface area (Å²) < 4.78 is 55.6. The zero-order valence-electron chi connectivity index (χ0n) is 17.4. The predicted molar refractivity (Wildman–Crippen MR) is 125 cm³/mol. The second-order valence-corrected chi connectivity index (χ2v) is 10.4. The number of halogens is 3. The van der Waals surface area contributed by atoms with E-state index < -0.39 is 21.7 Å². The van der Waals surface area contributed by atoms with Gasteiger partial charge in [-0.05, 0) is 54.1 Å². The standard InChI is InChI=1S/C22H17ClF2N4O2S2/c1-12(2)21-28-19(20(32-21)17-8-9-26-22(23)27-17)13-6-7-16(25)18(10-13)29-33(30,31)15-5-3-4-14(24)11-15/h3-12,29H,1-2H3. The van der Waals surface area contributed by atoms with Gasteiger partial charge in [0.2, 0.25) is 5.28 Å². The molecule has 0 unspecified atom stereocenters. The van der Waals surface area contributed by atoms with Crippen molar-refractivity contribution in [3.05, 3.63) is 76.7 Å². The van der Waals surface area contributed by atoms with Crippen LogP contribution in [0.25, 0.3) is 21.8 Å². The highest BCUT2D eigenvalue weighted by atomic mass is 35.5. The van der Waals surface area contributed by atoms with E-state index in [2.05, 4.69) is 19.7 Å². The molecule has 0 aliphatic rings. The third-order valence-corrected chi connectivity index (χ3v) is 7.51. The van der Waals surface area contributed by atoms with E-state index in [-0.39, 0.29) is 21.8 Å². The van der Waals surface area contributed by atoms with Crippen LogP contribution in [0.5, 0.6) is 0 Å². The summed E-state index contributed by atoms with van der Waals surface area (Å²) >= 11 is 7.37. The summed E-state index contributed by atoms with van der Waals surface area (Å²) in [6.45, 7) is 3.98. The molecule has 6 nitrogen and oxygen atoms in total. The lowest BCUT2D eigenvalue weighted by atomic mass is 10.1. The molecule has 2 aromatic carbocycles. The maximum Gasteiger partial charge on any atom is 0.262 e. The molecule has 0 amide bonds. The van der Waals surface area contributed by atoms with Crippen LogP contribution in [0.1, 0.15) is 24.8 Å². The summed E-state index contributed by atoms with van der Waals surface area (Å²) in [5.74, 6) is -1.39. The smallest absolute Gasteiger partial charge is 0.262 e. The van der Waals surface area contributed by atoms with Gasteiger partial charge in [0.1, 0.15) is 11.6 Å². The molecule has 4 aromatic rings. The van der Waals surface area contributed by atoms with E-state index in [1.54, 1.807) is 6.07 Å². The minimum absolute atomic E-state index is 0.0700. The molecular formula is C22H17ClF2N4O2S2. The summed E-state index contributed by atoms with van der Waals surface area (Å²) in [6, 6.07) is 10.1. The minimum Gasteiger partial charge on any atom is -0.277 e. The molecule has 2 heterocycles. The number of thiazole rings is 1. The van der Waals surface area contributed by atoms with E-state index in [9.17, 15) is 17.2 Å². The Kier molecular flexibility index (Phi) is 6.42. The van der Waals surface area contributed by atoms with Crippen molar-refractivity contribution in [2.75, 3.05) is 4.72 Å². The quantitative estimate of drug-likeness (QED) is 0.318. The molecular weight excluding hydrogens is 490 g/mol. The number of sulfonamides is 1. The first-order chi connectivity index (χ1) is 15.6. The molecule has 0 aliphatic heterocycles. The van der Waals surface area contributed by atoms with Gasteiger partial charge in [-0.3, -0.25) is 4.72 Å². The number of nitrogens with zero attached hydrogens (tertiary/aromatic N) is 3. The Bertz CT molecular complexity index is 1440. The number of hydrogen-bond acceptors (Lipinski definition) is 6. The average molecular weight is 507 g/mol. The number of nitrogens with one attached hydrogen (secondary N) is 1. The van der Waals surface area contributed by atoms with E-state index in [1.807, 2.05) is 13.8 Å². The van der Waals surface area contributed by atoms with Crippen LogP contribution in [0.2, 0.25) is 5.28 Å². The fraction of sp³-hybridized carbons (Fsp3) is 0.136. The summed E-state index contributed by atoms with van der Waals surface area (Å²) in [6.07, 6.45) is 1.52. The van der Waals surface area contributed by atoms with Gasteiger partial charge in [0, 0.05) is 17.7 Å². The fourth-order valence-electron chi connectivity index (χ4n) is 3.00. The first-order valence-electron chi connectivity index (χ1n) is 9.72. The minimum atomic E-state index is -4.22. The van der Waals surface area contributed by atoms with Gasteiger partial charge in [-0.2, -0.15) is 0 Å². The van der Waals surface area contributed by atoms with E-state index in [4.69, 9.17) is 11.6 Å². The van der Waals surface area contributed by atoms with E-state index in [0.29, 0.717) is 21.8 Å². The number of hydrogen-bond donors (Lipinski definition) is 1. The molecule has 170 valence electrons. The lowest BCUT2D eigenvalue weighted by Gasteiger charge is -2.11. The monoisotopic (exact) mass is 506 g/mol. The topological polar surface area (TPSA) is 84.8 Å². The van der Waals surface area contributed by atoms with Crippen molar-refractivity contribution in [3.63, 3.8) is 0 Å². The van der Waals surface area contributed by atoms with Crippen molar-refractivity contribution in [1.82, 2.24) is 15.0 Å². The first kappa shape index (κ1) is 23.2. The van der Waals surface area contributed by atoms with Gasteiger partial charge in [0.05, 0.1) is 31.9 Å². The van der Waals surface area contributed by atoms with Crippen molar-refractivity contribution in [1.29, 1.82) is 0 Å². The Labute approximate surface area is 198 Å². The van der Waals surface area contributed by atoms with E-state index in [1.165, 1.54) is 41.8 Å². The highest BCUT2D eigenvalue weighted by Gasteiger charge is 2.21. The van der Waals surface area contributed by atoms with Crippen LogP contribution in [0.3, 0.4) is 0 Å². The lowest BCUT2D eigenvalue weighted by molar-refractivity contribution is 0.593. The van der Waals surface area contributed by atoms with Crippen LogP contribution in [-0.2, 0) is 10.0 Å². The molecule has 0 bridgehead atoms. The van der Waals surface area contributed by atoms with Crippen molar-refractivity contribution in [2.45, 2.75) is 24.7 Å². The molecule has 2 aromatic heterocycles. The second-order valence-electron chi connectivity index (χ2n) is 7.35.